The lowest BCUT2D eigenvalue weighted by Crippen LogP contribution is -2.11. The number of rotatable bonds is 7. The van der Waals surface area contributed by atoms with E-state index in [1.807, 2.05) is 0 Å². The first-order valence-electron chi connectivity index (χ1n) is 6.37. The zero-order valence-corrected chi connectivity index (χ0v) is 11.7. The minimum absolute atomic E-state index is 0.0302. The number of amides is 1. The molecule has 0 unspecified atom stereocenters. The molecule has 1 aromatic carbocycles. The number of carbonyl (C=O) groups excluding carboxylic acids is 1. The second-order valence-corrected chi connectivity index (χ2v) is 4.77. The molecule has 104 valence electrons. The Hall–Kier alpha value is -1.55. The van der Waals surface area contributed by atoms with Crippen LogP contribution in [0.25, 0.3) is 0 Å². The standard InChI is InChI=1S/C14H18ClNO3/c1-2-3-4-5-6-13(17)16-10-7-8-11(14(18)19)12(15)9-10/h7-9H,2-6H2,1H3,(H,16,17)(H,18,19). The van der Waals surface area contributed by atoms with Gasteiger partial charge in [-0.1, -0.05) is 37.8 Å². The first-order chi connectivity index (χ1) is 9.04. The van der Waals surface area contributed by atoms with Crippen LogP contribution in [0.15, 0.2) is 18.2 Å². The fraction of sp³-hybridized carbons (Fsp3) is 0.429. The van der Waals surface area contributed by atoms with Crippen molar-refractivity contribution in [2.75, 3.05) is 5.32 Å². The van der Waals surface area contributed by atoms with Crippen LogP contribution < -0.4 is 5.32 Å². The molecule has 0 heterocycles. The van der Waals surface area contributed by atoms with Crippen molar-refractivity contribution >= 4 is 29.2 Å². The highest BCUT2D eigenvalue weighted by Gasteiger charge is 2.10. The molecule has 0 atom stereocenters. The molecule has 0 saturated heterocycles. The summed E-state index contributed by atoms with van der Waals surface area (Å²) in [5.41, 5.74) is 0.554. The quantitative estimate of drug-likeness (QED) is 0.745. The van der Waals surface area contributed by atoms with E-state index < -0.39 is 5.97 Å². The smallest absolute Gasteiger partial charge is 0.337 e. The number of aromatic carboxylic acids is 1. The second kappa shape index (κ2) is 7.79. The summed E-state index contributed by atoms with van der Waals surface area (Å²) in [6.07, 6.45) is 4.64. The van der Waals surface area contributed by atoms with Crippen LogP contribution in [0.3, 0.4) is 0 Å². The van der Waals surface area contributed by atoms with Crippen LogP contribution in [0.5, 0.6) is 0 Å². The van der Waals surface area contributed by atoms with Gasteiger partial charge in [-0.05, 0) is 24.6 Å². The molecule has 1 amide bonds. The van der Waals surface area contributed by atoms with Crippen molar-refractivity contribution < 1.29 is 14.7 Å². The van der Waals surface area contributed by atoms with Crippen LogP contribution in [0.1, 0.15) is 49.4 Å². The predicted octanol–water partition coefficient (Wildman–Crippen LogP) is 3.95. The molecule has 2 N–H and O–H groups in total. The molecule has 0 fully saturated rings. The van der Waals surface area contributed by atoms with Crippen molar-refractivity contribution in [3.05, 3.63) is 28.8 Å². The fourth-order valence-corrected chi connectivity index (χ4v) is 1.96. The summed E-state index contributed by atoms with van der Waals surface area (Å²) in [4.78, 5) is 22.4. The molecule has 19 heavy (non-hydrogen) atoms. The highest BCUT2D eigenvalue weighted by atomic mass is 35.5. The van der Waals surface area contributed by atoms with Gasteiger partial charge in [0, 0.05) is 12.1 Å². The number of anilines is 1. The lowest BCUT2D eigenvalue weighted by molar-refractivity contribution is -0.116. The van der Waals surface area contributed by atoms with E-state index in [1.165, 1.54) is 12.1 Å². The minimum atomic E-state index is -1.08. The SMILES string of the molecule is CCCCCCC(=O)Nc1ccc(C(=O)O)c(Cl)c1. The number of benzene rings is 1. The van der Waals surface area contributed by atoms with Gasteiger partial charge in [-0.25, -0.2) is 4.79 Å². The number of carboxylic acids is 1. The van der Waals surface area contributed by atoms with Crippen molar-refractivity contribution in [1.29, 1.82) is 0 Å². The van der Waals surface area contributed by atoms with E-state index in [0.717, 1.165) is 25.7 Å². The maximum Gasteiger partial charge on any atom is 0.337 e. The zero-order valence-electron chi connectivity index (χ0n) is 10.9. The third-order valence-corrected chi connectivity index (χ3v) is 3.05. The van der Waals surface area contributed by atoms with E-state index in [0.29, 0.717) is 12.1 Å². The molecule has 0 spiro atoms. The molecular formula is C14H18ClNO3. The summed E-state index contributed by atoms with van der Waals surface area (Å²) in [5.74, 6) is -1.15. The van der Waals surface area contributed by atoms with Crippen molar-refractivity contribution in [3.63, 3.8) is 0 Å². The first kappa shape index (κ1) is 15.5. The third-order valence-electron chi connectivity index (χ3n) is 2.74. The number of hydrogen-bond donors (Lipinski definition) is 2. The normalized spacial score (nSPS) is 10.2. The van der Waals surface area contributed by atoms with Gasteiger partial charge in [0.15, 0.2) is 0 Å². The second-order valence-electron chi connectivity index (χ2n) is 4.36. The Morgan fingerprint density at radius 3 is 2.58 bits per heavy atom. The van der Waals surface area contributed by atoms with Gasteiger partial charge in [0.05, 0.1) is 10.6 Å². The predicted molar refractivity (Wildman–Crippen MR) is 75.8 cm³/mol. The van der Waals surface area contributed by atoms with E-state index in [2.05, 4.69) is 12.2 Å². The van der Waals surface area contributed by atoms with Gasteiger partial charge in [-0.3, -0.25) is 4.79 Å². The number of halogens is 1. The fourth-order valence-electron chi connectivity index (χ4n) is 1.70. The average Bonchev–Trinajstić information content (AvgIpc) is 2.34. The molecular weight excluding hydrogens is 266 g/mol. The molecule has 4 nitrogen and oxygen atoms in total. The Morgan fingerprint density at radius 2 is 2.00 bits per heavy atom. The van der Waals surface area contributed by atoms with Crippen LogP contribution in [0.2, 0.25) is 5.02 Å². The summed E-state index contributed by atoms with van der Waals surface area (Å²) < 4.78 is 0. The molecule has 0 radical (unpaired) electrons. The van der Waals surface area contributed by atoms with Crippen LogP contribution in [0.4, 0.5) is 5.69 Å². The van der Waals surface area contributed by atoms with Gasteiger partial charge in [0.1, 0.15) is 0 Å². The van der Waals surface area contributed by atoms with E-state index in [4.69, 9.17) is 16.7 Å². The lowest BCUT2D eigenvalue weighted by Gasteiger charge is -2.07. The lowest BCUT2D eigenvalue weighted by atomic mass is 10.1. The zero-order chi connectivity index (χ0) is 14.3. The molecule has 0 aliphatic rings. The third kappa shape index (κ3) is 5.30. The summed E-state index contributed by atoms with van der Waals surface area (Å²) in [6, 6.07) is 4.38. The number of nitrogens with one attached hydrogen (secondary N) is 1. The van der Waals surface area contributed by atoms with Crippen molar-refractivity contribution in [2.45, 2.75) is 39.0 Å². The highest BCUT2D eigenvalue weighted by Crippen LogP contribution is 2.21. The summed E-state index contributed by atoms with van der Waals surface area (Å²) in [6.45, 7) is 2.12. The van der Waals surface area contributed by atoms with Gasteiger partial charge in [0.25, 0.3) is 0 Å². The van der Waals surface area contributed by atoms with E-state index >= 15 is 0 Å². The van der Waals surface area contributed by atoms with Gasteiger partial charge >= 0.3 is 5.97 Å². The highest BCUT2D eigenvalue weighted by molar-refractivity contribution is 6.33. The van der Waals surface area contributed by atoms with Crippen molar-refractivity contribution in [1.82, 2.24) is 0 Å². The molecule has 0 aromatic heterocycles. The van der Waals surface area contributed by atoms with Crippen LogP contribution in [0, 0.1) is 0 Å². The van der Waals surface area contributed by atoms with Crippen LogP contribution >= 0.6 is 11.6 Å². The summed E-state index contributed by atoms with van der Waals surface area (Å²) >= 11 is 5.82. The van der Waals surface area contributed by atoms with Gasteiger partial charge in [-0.2, -0.15) is 0 Å². The number of carbonyl (C=O) groups is 2. The maximum absolute atomic E-state index is 11.6. The van der Waals surface area contributed by atoms with Gasteiger partial charge < -0.3 is 10.4 Å². The maximum atomic E-state index is 11.6. The van der Waals surface area contributed by atoms with E-state index in [9.17, 15) is 9.59 Å². The summed E-state index contributed by atoms with van der Waals surface area (Å²) in [7, 11) is 0. The Morgan fingerprint density at radius 1 is 1.26 bits per heavy atom. The first-order valence-corrected chi connectivity index (χ1v) is 6.75. The Kier molecular flexibility index (Phi) is 6.36. The van der Waals surface area contributed by atoms with Crippen LogP contribution in [-0.2, 0) is 4.79 Å². The minimum Gasteiger partial charge on any atom is -0.478 e. The number of hydrogen-bond acceptors (Lipinski definition) is 2. The van der Waals surface area contributed by atoms with E-state index in [-0.39, 0.29) is 16.5 Å². The molecule has 0 aliphatic carbocycles. The summed E-state index contributed by atoms with van der Waals surface area (Å²) in [5, 5.41) is 11.7. The Balaban J connectivity index is 2.51. The molecule has 0 saturated carbocycles. The number of carboxylic acid groups (broad SMARTS) is 1. The van der Waals surface area contributed by atoms with E-state index in [1.54, 1.807) is 6.07 Å². The van der Waals surface area contributed by atoms with Crippen LogP contribution in [-0.4, -0.2) is 17.0 Å². The average molecular weight is 284 g/mol. The Labute approximate surface area is 117 Å². The molecule has 0 bridgehead atoms. The molecule has 1 rings (SSSR count). The molecule has 0 aliphatic heterocycles. The van der Waals surface area contributed by atoms with Crippen molar-refractivity contribution in [3.8, 4) is 0 Å². The number of unbranched alkanes of at least 4 members (excludes halogenated alkanes) is 3. The topological polar surface area (TPSA) is 66.4 Å². The van der Waals surface area contributed by atoms with Crippen molar-refractivity contribution in [2.24, 2.45) is 0 Å². The monoisotopic (exact) mass is 283 g/mol. The largest absolute Gasteiger partial charge is 0.478 e. The van der Waals surface area contributed by atoms with Gasteiger partial charge in [0.2, 0.25) is 5.91 Å². The molecule has 1 aromatic rings. The Bertz CT molecular complexity index is 460. The molecule has 5 heteroatoms. The van der Waals surface area contributed by atoms with Gasteiger partial charge in [-0.15, -0.1) is 0 Å².